The van der Waals surface area contributed by atoms with E-state index in [0.29, 0.717) is 5.56 Å². The molecule has 0 radical (unpaired) electrons. The first kappa shape index (κ1) is 13.6. The average molecular weight is 284 g/mol. The smallest absolute Gasteiger partial charge is 0.126 e. The van der Waals surface area contributed by atoms with Crippen molar-refractivity contribution in [3.05, 3.63) is 77.5 Å². The molecule has 106 valence electrons. The van der Waals surface area contributed by atoms with E-state index >= 15 is 0 Å². The topological polar surface area (TPSA) is 38.9 Å². The zero-order chi connectivity index (χ0) is 15.0. The molecule has 4 heteroatoms. The van der Waals surface area contributed by atoms with E-state index < -0.39 is 17.2 Å². The molecule has 3 aromatic rings. The van der Waals surface area contributed by atoms with Gasteiger partial charge in [0.1, 0.15) is 11.6 Å². The van der Waals surface area contributed by atoms with Gasteiger partial charge in [0.25, 0.3) is 0 Å². The van der Waals surface area contributed by atoms with Gasteiger partial charge in [-0.25, -0.2) is 8.78 Å². The van der Waals surface area contributed by atoms with Crippen LogP contribution in [0.1, 0.15) is 18.1 Å². The second-order valence-corrected chi connectivity index (χ2v) is 5.27. The van der Waals surface area contributed by atoms with Crippen molar-refractivity contribution in [3.8, 4) is 0 Å². The minimum Gasteiger partial charge on any atom is -0.318 e. The lowest BCUT2D eigenvalue weighted by Crippen LogP contribution is -2.34. The number of pyridine rings is 1. The summed E-state index contributed by atoms with van der Waals surface area (Å²) < 4.78 is 26.8. The Morgan fingerprint density at radius 1 is 0.952 bits per heavy atom. The maximum absolute atomic E-state index is 13.4. The number of hydrogen-bond acceptors (Lipinski definition) is 2. The summed E-state index contributed by atoms with van der Waals surface area (Å²) in [6.07, 6.45) is 1.71. The van der Waals surface area contributed by atoms with Gasteiger partial charge < -0.3 is 5.73 Å². The molecule has 3 rings (SSSR count). The zero-order valence-electron chi connectivity index (χ0n) is 11.5. The Balaban J connectivity index is 2.14. The molecule has 0 saturated carbocycles. The second kappa shape index (κ2) is 4.90. The predicted octanol–water partition coefficient (Wildman–Crippen LogP) is 3.74. The highest BCUT2D eigenvalue weighted by Gasteiger charge is 2.25. The molecule has 0 amide bonds. The Morgan fingerprint density at radius 3 is 2.38 bits per heavy atom. The molecule has 1 aromatic heterocycles. The minimum absolute atomic E-state index is 0.392. The fourth-order valence-electron chi connectivity index (χ4n) is 2.42. The van der Waals surface area contributed by atoms with Crippen LogP contribution in [0.2, 0.25) is 0 Å². The summed E-state index contributed by atoms with van der Waals surface area (Å²) in [5, 5.41) is 0.934. The van der Waals surface area contributed by atoms with Crippen LogP contribution in [0.5, 0.6) is 0 Å². The van der Waals surface area contributed by atoms with Gasteiger partial charge in [0, 0.05) is 17.6 Å². The molecule has 2 N–H and O–H groups in total. The van der Waals surface area contributed by atoms with Crippen molar-refractivity contribution in [2.75, 3.05) is 0 Å². The summed E-state index contributed by atoms with van der Waals surface area (Å²) in [5.41, 5.74) is 7.35. The number of benzene rings is 2. The molecule has 1 atom stereocenters. The van der Waals surface area contributed by atoms with Crippen molar-refractivity contribution < 1.29 is 8.78 Å². The van der Waals surface area contributed by atoms with Gasteiger partial charge in [0.2, 0.25) is 0 Å². The van der Waals surface area contributed by atoms with Crippen LogP contribution in [0.4, 0.5) is 8.78 Å². The van der Waals surface area contributed by atoms with E-state index in [1.165, 1.54) is 12.1 Å². The summed E-state index contributed by atoms with van der Waals surface area (Å²) in [6, 6.07) is 12.7. The highest BCUT2D eigenvalue weighted by atomic mass is 19.1. The van der Waals surface area contributed by atoms with Crippen LogP contribution in [-0.4, -0.2) is 4.98 Å². The molecule has 0 bridgehead atoms. The Hall–Kier alpha value is -2.33. The molecule has 0 aliphatic rings. The fourth-order valence-corrected chi connectivity index (χ4v) is 2.42. The van der Waals surface area contributed by atoms with Crippen LogP contribution in [0, 0.1) is 11.6 Å². The lowest BCUT2D eigenvalue weighted by Gasteiger charge is -2.26. The standard InChI is InChI=1S/C17H14F2N2/c1-17(20,13-8-14(18)10-15(19)9-13)12-4-5-16-11(7-12)3-2-6-21-16/h2-10H,20H2,1H3. The van der Waals surface area contributed by atoms with E-state index in [4.69, 9.17) is 5.73 Å². The van der Waals surface area contributed by atoms with E-state index in [1.54, 1.807) is 13.1 Å². The fraction of sp³-hybridized carbons (Fsp3) is 0.118. The van der Waals surface area contributed by atoms with E-state index in [9.17, 15) is 8.78 Å². The maximum atomic E-state index is 13.4. The van der Waals surface area contributed by atoms with E-state index in [0.717, 1.165) is 22.5 Å². The van der Waals surface area contributed by atoms with Gasteiger partial charge in [0.15, 0.2) is 0 Å². The van der Waals surface area contributed by atoms with Crippen molar-refractivity contribution in [2.24, 2.45) is 5.73 Å². The number of halogens is 2. The molecule has 0 fully saturated rings. The van der Waals surface area contributed by atoms with Gasteiger partial charge in [-0.2, -0.15) is 0 Å². The van der Waals surface area contributed by atoms with Crippen molar-refractivity contribution in [1.82, 2.24) is 4.98 Å². The molecule has 1 unspecified atom stereocenters. The summed E-state index contributed by atoms with van der Waals surface area (Å²) in [4.78, 5) is 4.24. The summed E-state index contributed by atoms with van der Waals surface area (Å²) >= 11 is 0. The predicted molar refractivity (Wildman–Crippen MR) is 78.7 cm³/mol. The van der Waals surface area contributed by atoms with Crippen LogP contribution < -0.4 is 5.73 Å². The van der Waals surface area contributed by atoms with Crippen LogP contribution in [-0.2, 0) is 5.54 Å². The number of aromatic nitrogens is 1. The van der Waals surface area contributed by atoms with Gasteiger partial charge in [-0.1, -0.05) is 12.1 Å². The van der Waals surface area contributed by atoms with Gasteiger partial charge in [-0.15, -0.1) is 0 Å². The highest BCUT2D eigenvalue weighted by molar-refractivity contribution is 5.79. The number of fused-ring (bicyclic) bond motifs is 1. The first-order valence-electron chi connectivity index (χ1n) is 6.57. The number of nitrogens with two attached hydrogens (primary N) is 1. The van der Waals surface area contributed by atoms with Crippen molar-refractivity contribution in [1.29, 1.82) is 0 Å². The third-order valence-electron chi connectivity index (χ3n) is 3.66. The zero-order valence-corrected chi connectivity index (χ0v) is 11.5. The third-order valence-corrected chi connectivity index (χ3v) is 3.66. The molecule has 0 aliphatic heterocycles. The molecule has 21 heavy (non-hydrogen) atoms. The minimum atomic E-state index is -0.993. The molecule has 1 heterocycles. The van der Waals surface area contributed by atoms with Crippen molar-refractivity contribution in [2.45, 2.75) is 12.5 Å². The Bertz CT molecular complexity index is 792. The van der Waals surface area contributed by atoms with Gasteiger partial charge in [0.05, 0.1) is 11.1 Å². The molecule has 2 aromatic carbocycles. The summed E-state index contributed by atoms with van der Waals surface area (Å²) in [6.45, 7) is 1.73. The van der Waals surface area contributed by atoms with Crippen LogP contribution in [0.3, 0.4) is 0 Å². The van der Waals surface area contributed by atoms with E-state index in [2.05, 4.69) is 4.98 Å². The van der Waals surface area contributed by atoms with Gasteiger partial charge in [-0.05, 0) is 48.4 Å². The Kier molecular flexibility index (Phi) is 3.18. The van der Waals surface area contributed by atoms with E-state index in [1.807, 2.05) is 30.3 Å². The van der Waals surface area contributed by atoms with Crippen LogP contribution in [0.25, 0.3) is 10.9 Å². The Labute approximate surface area is 121 Å². The number of rotatable bonds is 2. The first-order valence-corrected chi connectivity index (χ1v) is 6.57. The quantitative estimate of drug-likeness (QED) is 0.778. The molecule has 0 spiro atoms. The van der Waals surface area contributed by atoms with Gasteiger partial charge >= 0.3 is 0 Å². The van der Waals surface area contributed by atoms with Crippen LogP contribution in [0.15, 0.2) is 54.7 Å². The molecule has 2 nitrogen and oxygen atoms in total. The average Bonchev–Trinajstić information content (AvgIpc) is 2.45. The Morgan fingerprint density at radius 2 is 1.67 bits per heavy atom. The van der Waals surface area contributed by atoms with Crippen LogP contribution >= 0.6 is 0 Å². The largest absolute Gasteiger partial charge is 0.318 e. The first-order chi connectivity index (χ1) is 9.96. The molecule has 0 saturated heterocycles. The highest BCUT2D eigenvalue weighted by Crippen LogP contribution is 2.29. The lowest BCUT2D eigenvalue weighted by molar-refractivity contribution is 0.551. The SMILES string of the molecule is CC(N)(c1cc(F)cc(F)c1)c1ccc2ncccc2c1. The third kappa shape index (κ3) is 2.50. The second-order valence-electron chi connectivity index (χ2n) is 5.27. The van der Waals surface area contributed by atoms with Crippen molar-refractivity contribution in [3.63, 3.8) is 0 Å². The summed E-state index contributed by atoms with van der Waals surface area (Å²) in [5.74, 6) is -1.27. The molecular weight excluding hydrogens is 270 g/mol. The van der Waals surface area contributed by atoms with Gasteiger partial charge in [-0.3, -0.25) is 4.98 Å². The van der Waals surface area contributed by atoms with E-state index in [-0.39, 0.29) is 0 Å². The molecule has 0 aliphatic carbocycles. The normalized spacial score (nSPS) is 14.1. The van der Waals surface area contributed by atoms with Crippen molar-refractivity contribution >= 4 is 10.9 Å². The maximum Gasteiger partial charge on any atom is 0.126 e. The summed E-state index contributed by atoms with van der Waals surface area (Å²) in [7, 11) is 0. The number of hydrogen-bond donors (Lipinski definition) is 1. The monoisotopic (exact) mass is 284 g/mol. The molecular formula is C17H14F2N2. The lowest BCUT2D eigenvalue weighted by atomic mass is 9.85. The number of nitrogens with zero attached hydrogens (tertiary/aromatic N) is 1.